The van der Waals surface area contributed by atoms with Crippen molar-refractivity contribution >= 4 is 11.8 Å². The molecule has 2 nitrogen and oxygen atoms in total. The summed E-state index contributed by atoms with van der Waals surface area (Å²) in [6.45, 7) is 6.78. The van der Waals surface area contributed by atoms with Gasteiger partial charge in [-0.1, -0.05) is 6.92 Å². The minimum atomic E-state index is 0.231. The Balaban J connectivity index is 1.73. The van der Waals surface area contributed by atoms with Gasteiger partial charge in [-0.3, -0.25) is 5.32 Å². The molecule has 2 aliphatic rings. The first-order valence-electron chi connectivity index (χ1n) is 6.04. The summed E-state index contributed by atoms with van der Waals surface area (Å²) < 4.78 is 5.97. The number of furan rings is 1. The van der Waals surface area contributed by atoms with E-state index in [-0.39, 0.29) is 5.54 Å². The average Bonchev–Trinajstić information content (AvgIpc) is 2.67. The molecule has 3 rings (SSSR count). The van der Waals surface area contributed by atoms with E-state index in [1.807, 2.05) is 11.8 Å². The number of nitrogens with one attached hydrogen (secondary N) is 1. The zero-order valence-electron chi connectivity index (χ0n) is 10.1. The average molecular weight is 237 g/mol. The summed E-state index contributed by atoms with van der Waals surface area (Å²) in [6, 6.07) is 4.31. The van der Waals surface area contributed by atoms with E-state index in [2.05, 4.69) is 38.2 Å². The lowest BCUT2D eigenvalue weighted by molar-refractivity contribution is 0.395. The van der Waals surface area contributed by atoms with Crippen molar-refractivity contribution in [3.05, 3.63) is 23.7 Å². The number of hydrogen-bond donors (Lipinski definition) is 1. The van der Waals surface area contributed by atoms with E-state index in [0.29, 0.717) is 11.3 Å². The molecule has 0 radical (unpaired) electrons. The minimum absolute atomic E-state index is 0.231. The second-order valence-electron chi connectivity index (χ2n) is 5.78. The summed E-state index contributed by atoms with van der Waals surface area (Å²) in [5, 5.41) is 3.94. The van der Waals surface area contributed by atoms with Gasteiger partial charge in [-0.25, -0.2) is 0 Å². The summed E-state index contributed by atoms with van der Waals surface area (Å²) in [4.78, 5) is 0. The molecule has 0 amide bonds. The van der Waals surface area contributed by atoms with E-state index in [1.165, 1.54) is 12.2 Å². The highest BCUT2D eigenvalue weighted by Crippen LogP contribution is 2.48. The third-order valence-electron chi connectivity index (χ3n) is 3.51. The maximum Gasteiger partial charge on any atom is 0.131 e. The van der Waals surface area contributed by atoms with Gasteiger partial charge in [-0.05, 0) is 38.3 Å². The molecule has 1 saturated carbocycles. The molecule has 1 aromatic heterocycles. The van der Waals surface area contributed by atoms with Gasteiger partial charge in [0.05, 0.1) is 0 Å². The first-order chi connectivity index (χ1) is 7.55. The fourth-order valence-electron chi connectivity index (χ4n) is 2.31. The topological polar surface area (TPSA) is 25.2 Å². The van der Waals surface area contributed by atoms with Gasteiger partial charge < -0.3 is 4.42 Å². The molecule has 1 aliphatic heterocycles. The van der Waals surface area contributed by atoms with Gasteiger partial charge in [0.1, 0.15) is 16.9 Å². The van der Waals surface area contributed by atoms with Crippen molar-refractivity contribution in [3.63, 3.8) is 0 Å². The zero-order valence-corrected chi connectivity index (χ0v) is 10.9. The van der Waals surface area contributed by atoms with E-state index in [4.69, 9.17) is 4.42 Å². The van der Waals surface area contributed by atoms with Crippen LogP contribution < -0.4 is 5.32 Å². The van der Waals surface area contributed by atoms with Crippen LogP contribution in [0.5, 0.6) is 0 Å². The summed E-state index contributed by atoms with van der Waals surface area (Å²) in [5.74, 6) is 4.94. The molecule has 1 aromatic rings. The predicted molar refractivity (Wildman–Crippen MR) is 67.6 cm³/mol. The highest BCUT2D eigenvalue weighted by atomic mass is 32.2. The van der Waals surface area contributed by atoms with Crippen LogP contribution in [0.25, 0.3) is 0 Å². The van der Waals surface area contributed by atoms with Gasteiger partial charge in [0.25, 0.3) is 0 Å². The van der Waals surface area contributed by atoms with Crippen molar-refractivity contribution in [3.8, 4) is 0 Å². The van der Waals surface area contributed by atoms with Crippen LogP contribution in [0, 0.1) is 5.92 Å². The maximum absolute atomic E-state index is 5.97. The van der Waals surface area contributed by atoms with Crippen molar-refractivity contribution in [1.82, 2.24) is 5.32 Å². The molecular formula is C13H19NOS. The highest BCUT2D eigenvalue weighted by molar-refractivity contribution is 7.99. The third-order valence-corrected chi connectivity index (χ3v) is 5.09. The Morgan fingerprint density at radius 1 is 1.38 bits per heavy atom. The van der Waals surface area contributed by atoms with Crippen LogP contribution in [0.4, 0.5) is 0 Å². The van der Waals surface area contributed by atoms with Gasteiger partial charge in [-0.15, -0.1) is 11.8 Å². The van der Waals surface area contributed by atoms with Crippen molar-refractivity contribution in [2.45, 2.75) is 44.0 Å². The highest BCUT2D eigenvalue weighted by Gasteiger charge is 2.38. The van der Waals surface area contributed by atoms with Crippen LogP contribution >= 0.6 is 11.8 Å². The van der Waals surface area contributed by atoms with E-state index >= 15 is 0 Å². The molecule has 0 spiro atoms. The van der Waals surface area contributed by atoms with Crippen molar-refractivity contribution in [2.24, 2.45) is 5.92 Å². The van der Waals surface area contributed by atoms with E-state index in [9.17, 15) is 0 Å². The van der Waals surface area contributed by atoms with E-state index in [1.54, 1.807) is 0 Å². The van der Waals surface area contributed by atoms with Gasteiger partial charge in [0.15, 0.2) is 0 Å². The van der Waals surface area contributed by atoms with Crippen LogP contribution in [0.1, 0.15) is 50.0 Å². The molecular weight excluding hydrogens is 218 g/mol. The smallest absolute Gasteiger partial charge is 0.131 e. The second kappa shape index (κ2) is 3.54. The lowest BCUT2D eigenvalue weighted by Crippen LogP contribution is -2.35. The van der Waals surface area contributed by atoms with Gasteiger partial charge in [-0.2, -0.15) is 0 Å². The van der Waals surface area contributed by atoms with Gasteiger partial charge in [0.2, 0.25) is 0 Å². The van der Waals surface area contributed by atoms with Crippen molar-refractivity contribution in [1.29, 1.82) is 0 Å². The van der Waals surface area contributed by atoms with Crippen molar-refractivity contribution < 1.29 is 4.42 Å². The fraction of sp³-hybridized carbons (Fsp3) is 0.692. The lowest BCUT2D eigenvalue weighted by atomic mass is 10.1. The first-order valence-corrected chi connectivity index (χ1v) is 7.09. The molecule has 2 fully saturated rings. The van der Waals surface area contributed by atoms with Crippen molar-refractivity contribution in [2.75, 3.05) is 5.75 Å². The third kappa shape index (κ3) is 1.91. The van der Waals surface area contributed by atoms with Gasteiger partial charge in [0, 0.05) is 17.2 Å². The van der Waals surface area contributed by atoms with Crippen LogP contribution in [0.3, 0.4) is 0 Å². The number of thioether (sulfide) groups is 1. The Bertz CT molecular complexity index is 398. The summed E-state index contributed by atoms with van der Waals surface area (Å²) in [6.07, 6.45) is 1.30. The number of rotatable bonds is 2. The van der Waals surface area contributed by atoms with Crippen LogP contribution in [0.2, 0.25) is 0 Å². The predicted octanol–water partition coefficient (Wildman–Crippen LogP) is 3.52. The Morgan fingerprint density at radius 3 is 2.62 bits per heavy atom. The number of hydrogen-bond acceptors (Lipinski definition) is 3. The Labute approximate surface area is 101 Å². The molecule has 1 saturated heterocycles. The largest absolute Gasteiger partial charge is 0.463 e. The Morgan fingerprint density at radius 2 is 2.06 bits per heavy atom. The van der Waals surface area contributed by atoms with E-state index < -0.39 is 0 Å². The summed E-state index contributed by atoms with van der Waals surface area (Å²) in [5.41, 5.74) is 0.231. The first kappa shape index (κ1) is 10.7. The monoisotopic (exact) mass is 237 g/mol. The molecule has 3 heteroatoms. The molecule has 16 heavy (non-hydrogen) atoms. The molecule has 2 heterocycles. The van der Waals surface area contributed by atoms with Crippen LogP contribution in [-0.2, 0) is 0 Å². The standard InChI is InChI=1S/C13H19NOS/c1-8-6-9(8)10-4-5-11(15-10)12-14-13(2,3)7-16-12/h4-5,8-9,12,14H,6-7H2,1-3H3. The molecule has 3 atom stereocenters. The fourth-order valence-corrected chi connectivity index (χ4v) is 3.67. The molecule has 0 bridgehead atoms. The quantitative estimate of drug-likeness (QED) is 0.852. The summed E-state index contributed by atoms with van der Waals surface area (Å²) in [7, 11) is 0. The molecule has 88 valence electrons. The lowest BCUT2D eigenvalue weighted by Gasteiger charge is -2.17. The SMILES string of the molecule is CC1CC1c1ccc(C2NC(C)(C)CS2)o1. The molecule has 1 aliphatic carbocycles. The molecule has 1 N–H and O–H groups in total. The second-order valence-corrected chi connectivity index (χ2v) is 6.87. The van der Waals surface area contributed by atoms with Crippen LogP contribution in [-0.4, -0.2) is 11.3 Å². The maximum atomic E-state index is 5.97. The molecule has 3 unspecified atom stereocenters. The Kier molecular flexibility index (Phi) is 2.37. The molecule has 0 aromatic carbocycles. The van der Waals surface area contributed by atoms with Gasteiger partial charge >= 0.3 is 0 Å². The minimum Gasteiger partial charge on any atom is -0.463 e. The normalized spacial score (nSPS) is 36.6. The Hall–Kier alpha value is -0.410. The zero-order chi connectivity index (χ0) is 11.3. The van der Waals surface area contributed by atoms with E-state index in [0.717, 1.165) is 17.4 Å². The van der Waals surface area contributed by atoms with Crippen LogP contribution in [0.15, 0.2) is 16.5 Å². The summed E-state index contributed by atoms with van der Waals surface area (Å²) >= 11 is 1.94.